The molecule has 1 aromatic rings. The molecule has 1 fully saturated rings. The molecule has 1 aliphatic rings. The van der Waals surface area contributed by atoms with Gasteiger partial charge >= 0.3 is 7.12 Å². The topological polar surface area (TPSA) is 60.8 Å². The van der Waals surface area contributed by atoms with Gasteiger partial charge in [0, 0.05) is 18.7 Å². The van der Waals surface area contributed by atoms with Gasteiger partial charge in [-0.25, -0.2) is 4.39 Å². The largest absolute Gasteiger partial charge is 0.488 e. The maximum absolute atomic E-state index is 13.4. The highest BCUT2D eigenvalue weighted by Gasteiger charge is 2.23. The summed E-state index contributed by atoms with van der Waals surface area (Å²) in [6.45, 7) is 3.40. The molecule has 1 atom stereocenters. The summed E-state index contributed by atoms with van der Waals surface area (Å²) in [6, 6.07) is 3.48. The second kappa shape index (κ2) is 5.71. The van der Waals surface area contributed by atoms with Crippen molar-refractivity contribution in [2.24, 2.45) is 5.92 Å². The van der Waals surface area contributed by atoms with Crippen molar-refractivity contribution in [2.45, 2.75) is 19.8 Å². The van der Waals surface area contributed by atoms with E-state index in [-0.39, 0.29) is 16.9 Å². The van der Waals surface area contributed by atoms with Gasteiger partial charge < -0.3 is 14.9 Å². The summed E-state index contributed by atoms with van der Waals surface area (Å²) in [4.78, 5) is 14.0. The standard InChI is InChI=1S/C13H17BFNO3/c1-9-3-2-4-16(8-9)13(17)10-5-11(14(18)19)7-12(15)6-10/h5-7,9,18-19H,2-4,8H2,1H3. The summed E-state index contributed by atoms with van der Waals surface area (Å²) < 4.78 is 13.4. The molecular formula is C13H17BFNO3. The number of piperidine rings is 1. The third kappa shape index (κ3) is 3.33. The van der Waals surface area contributed by atoms with E-state index in [1.54, 1.807) is 4.90 Å². The van der Waals surface area contributed by atoms with Crippen molar-refractivity contribution < 1.29 is 19.2 Å². The van der Waals surface area contributed by atoms with E-state index in [4.69, 9.17) is 10.0 Å². The molecule has 0 saturated carbocycles. The maximum Gasteiger partial charge on any atom is 0.488 e. The third-order valence-electron chi connectivity index (χ3n) is 3.41. The van der Waals surface area contributed by atoms with Crippen molar-refractivity contribution in [2.75, 3.05) is 13.1 Å². The Hall–Kier alpha value is -1.40. The Morgan fingerprint density at radius 2 is 2.16 bits per heavy atom. The predicted octanol–water partition coefficient (Wildman–Crippen LogP) is 0.378. The number of amides is 1. The van der Waals surface area contributed by atoms with Gasteiger partial charge in [-0.15, -0.1) is 0 Å². The van der Waals surface area contributed by atoms with Crippen molar-refractivity contribution in [3.63, 3.8) is 0 Å². The molecule has 1 heterocycles. The van der Waals surface area contributed by atoms with Crippen molar-refractivity contribution in [3.8, 4) is 0 Å². The van der Waals surface area contributed by atoms with E-state index in [0.717, 1.165) is 25.0 Å². The van der Waals surface area contributed by atoms with Crippen LogP contribution in [0.4, 0.5) is 4.39 Å². The zero-order valence-corrected chi connectivity index (χ0v) is 10.8. The fourth-order valence-electron chi connectivity index (χ4n) is 2.44. The van der Waals surface area contributed by atoms with Gasteiger partial charge in [0.15, 0.2) is 0 Å². The van der Waals surface area contributed by atoms with Crippen LogP contribution in [-0.2, 0) is 0 Å². The lowest BCUT2D eigenvalue weighted by Crippen LogP contribution is -2.40. The molecule has 4 nitrogen and oxygen atoms in total. The number of carbonyl (C=O) groups is 1. The molecule has 1 aromatic carbocycles. The molecule has 2 rings (SSSR count). The monoisotopic (exact) mass is 265 g/mol. The normalized spacial score (nSPS) is 19.4. The maximum atomic E-state index is 13.4. The van der Waals surface area contributed by atoms with E-state index < -0.39 is 12.9 Å². The number of carbonyl (C=O) groups excluding carboxylic acids is 1. The highest BCUT2D eigenvalue weighted by Crippen LogP contribution is 2.18. The molecular weight excluding hydrogens is 248 g/mol. The van der Waals surface area contributed by atoms with Crippen LogP contribution in [-0.4, -0.2) is 41.1 Å². The van der Waals surface area contributed by atoms with Crippen LogP contribution >= 0.6 is 0 Å². The van der Waals surface area contributed by atoms with E-state index in [0.29, 0.717) is 19.0 Å². The predicted molar refractivity (Wildman–Crippen MR) is 70.5 cm³/mol. The smallest absolute Gasteiger partial charge is 0.423 e. The van der Waals surface area contributed by atoms with Crippen molar-refractivity contribution in [1.29, 1.82) is 0 Å². The third-order valence-corrected chi connectivity index (χ3v) is 3.41. The fourth-order valence-corrected chi connectivity index (χ4v) is 2.44. The molecule has 0 aliphatic carbocycles. The number of likely N-dealkylation sites (tertiary alicyclic amines) is 1. The van der Waals surface area contributed by atoms with Gasteiger partial charge in [-0.2, -0.15) is 0 Å². The number of halogens is 1. The van der Waals surface area contributed by atoms with Crippen molar-refractivity contribution >= 4 is 18.5 Å². The minimum absolute atomic E-state index is 0.00610. The van der Waals surface area contributed by atoms with E-state index in [9.17, 15) is 9.18 Å². The van der Waals surface area contributed by atoms with Crippen LogP contribution in [0.1, 0.15) is 30.1 Å². The summed E-state index contributed by atoms with van der Waals surface area (Å²) in [7, 11) is -1.78. The molecule has 1 amide bonds. The molecule has 19 heavy (non-hydrogen) atoms. The van der Waals surface area contributed by atoms with Gasteiger partial charge in [-0.1, -0.05) is 6.92 Å². The van der Waals surface area contributed by atoms with Crippen molar-refractivity contribution in [1.82, 2.24) is 4.90 Å². The highest BCUT2D eigenvalue weighted by atomic mass is 19.1. The average molecular weight is 265 g/mol. The van der Waals surface area contributed by atoms with Crippen LogP contribution in [0.3, 0.4) is 0 Å². The van der Waals surface area contributed by atoms with E-state index in [1.807, 2.05) is 0 Å². The zero-order chi connectivity index (χ0) is 14.0. The quantitative estimate of drug-likeness (QED) is 0.760. The fraction of sp³-hybridized carbons (Fsp3) is 0.462. The molecule has 0 spiro atoms. The van der Waals surface area contributed by atoms with Crippen LogP contribution in [0.25, 0.3) is 0 Å². The lowest BCUT2D eigenvalue weighted by molar-refractivity contribution is 0.0682. The minimum Gasteiger partial charge on any atom is -0.423 e. The number of benzene rings is 1. The molecule has 1 aliphatic heterocycles. The average Bonchev–Trinajstić information content (AvgIpc) is 2.37. The molecule has 102 valence electrons. The number of hydrogen-bond acceptors (Lipinski definition) is 3. The van der Waals surface area contributed by atoms with Crippen LogP contribution in [0.5, 0.6) is 0 Å². The summed E-state index contributed by atoms with van der Waals surface area (Å²) in [5, 5.41) is 18.1. The van der Waals surface area contributed by atoms with E-state index >= 15 is 0 Å². The molecule has 2 N–H and O–H groups in total. The number of hydrogen-bond donors (Lipinski definition) is 2. The summed E-state index contributed by atoms with van der Waals surface area (Å²) in [5.74, 6) is -0.457. The highest BCUT2D eigenvalue weighted by molar-refractivity contribution is 6.58. The van der Waals surface area contributed by atoms with Gasteiger partial charge in [-0.3, -0.25) is 4.79 Å². The van der Waals surface area contributed by atoms with Gasteiger partial charge in [0.25, 0.3) is 5.91 Å². The SMILES string of the molecule is CC1CCCN(C(=O)c2cc(F)cc(B(O)O)c2)C1. The van der Waals surface area contributed by atoms with E-state index in [2.05, 4.69) is 6.92 Å². The second-order valence-electron chi connectivity index (χ2n) is 5.15. The molecule has 1 saturated heterocycles. The summed E-state index contributed by atoms with van der Waals surface area (Å²) in [6.07, 6.45) is 2.03. The molecule has 0 aromatic heterocycles. The Balaban J connectivity index is 2.23. The van der Waals surface area contributed by atoms with Crippen LogP contribution in [0, 0.1) is 11.7 Å². The van der Waals surface area contributed by atoms with Gasteiger partial charge in [0.2, 0.25) is 0 Å². The van der Waals surface area contributed by atoms with Gasteiger partial charge in [-0.05, 0) is 42.4 Å². The van der Waals surface area contributed by atoms with E-state index in [1.165, 1.54) is 6.07 Å². The number of rotatable bonds is 2. The first-order chi connectivity index (χ1) is 8.97. The zero-order valence-electron chi connectivity index (χ0n) is 10.8. The molecule has 6 heteroatoms. The minimum atomic E-state index is -1.78. The van der Waals surface area contributed by atoms with Crippen LogP contribution < -0.4 is 5.46 Å². The molecule has 1 unspecified atom stereocenters. The van der Waals surface area contributed by atoms with Crippen molar-refractivity contribution in [3.05, 3.63) is 29.6 Å². The van der Waals surface area contributed by atoms with Gasteiger partial charge in [0.1, 0.15) is 5.82 Å². The van der Waals surface area contributed by atoms with Gasteiger partial charge in [0.05, 0.1) is 0 Å². The van der Waals surface area contributed by atoms with Crippen LogP contribution in [0.2, 0.25) is 0 Å². The first-order valence-corrected chi connectivity index (χ1v) is 6.43. The first kappa shape index (κ1) is 14.0. The lowest BCUT2D eigenvalue weighted by Gasteiger charge is -2.31. The lowest BCUT2D eigenvalue weighted by atomic mass is 9.79. The summed E-state index contributed by atoms with van der Waals surface area (Å²) in [5.41, 5.74) is 0.158. The Morgan fingerprint density at radius 3 is 2.79 bits per heavy atom. The Kier molecular flexibility index (Phi) is 4.22. The summed E-state index contributed by atoms with van der Waals surface area (Å²) >= 11 is 0. The van der Waals surface area contributed by atoms with Crippen LogP contribution in [0.15, 0.2) is 18.2 Å². The number of nitrogens with zero attached hydrogens (tertiary/aromatic N) is 1. The molecule has 0 radical (unpaired) electrons. The first-order valence-electron chi connectivity index (χ1n) is 6.43. The molecule has 0 bridgehead atoms. The Bertz CT molecular complexity index is 481. The Labute approximate surface area is 112 Å². The Morgan fingerprint density at radius 1 is 1.42 bits per heavy atom. The second-order valence-corrected chi connectivity index (χ2v) is 5.15.